The van der Waals surface area contributed by atoms with E-state index in [4.69, 9.17) is 9.47 Å². The van der Waals surface area contributed by atoms with Crippen molar-refractivity contribution in [3.8, 4) is 17.2 Å². The molecule has 30 heavy (non-hydrogen) atoms. The summed E-state index contributed by atoms with van der Waals surface area (Å²) in [6.45, 7) is 4.03. The maximum Gasteiger partial charge on any atom is 0.275 e. The number of hydrogen-bond donors (Lipinski definition) is 2. The summed E-state index contributed by atoms with van der Waals surface area (Å²) in [7, 11) is 1.57. The summed E-state index contributed by atoms with van der Waals surface area (Å²) in [4.78, 5) is 12.5. The van der Waals surface area contributed by atoms with Gasteiger partial charge in [-0.2, -0.15) is 5.10 Å². The van der Waals surface area contributed by atoms with E-state index >= 15 is 0 Å². The van der Waals surface area contributed by atoms with Crippen molar-refractivity contribution in [1.29, 1.82) is 0 Å². The molecule has 7 heteroatoms. The second-order valence-electron chi connectivity index (χ2n) is 6.79. The molecule has 0 bridgehead atoms. The summed E-state index contributed by atoms with van der Waals surface area (Å²) in [5.74, 6) is 0.577. The van der Waals surface area contributed by atoms with Crippen LogP contribution in [0, 0.1) is 0 Å². The Bertz CT molecular complexity index is 1100. The molecule has 0 radical (unpaired) electrons. The van der Waals surface area contributed by atoms with Gasteiger partial charge in [0.1, 0.15) is 5.75 Å². The third kappa shape index (κ3) is 4.91. The molecule has 1 unspecified atom stereocenters. The third-order valence-electron chi connectivity index (χ3n) is 4.63. The lowest BCUT2D eigenvalue weighted by atomic mass is 10.1. The number of aromatic hydroxyl groups is 1. The van der Waals surface area contributed by atoms with Gasteiger partial charge in [-0.3, -0.25) is 4.79 Å². The number of hydrazone groups is 1. The van der Waals surface area contributed by atoms with Gasteiger partial charge in [0.25, 0.3) is 5.91 Å². The van der Waals surface area contributed by atoms with Gasteiger partial charge in [-0.05, 0) is 69.9 Å². The molecule has 1 amide bonds. The Hall–Kier alpha value is -3.06. The van der Waals surface area contributed by atoms with Crippen LogP contribution in [0.3, 0.4) is 0 Å². The van der Waals surface area contributed by atoms with Crippen LogP contribution in [0.4, 0.5) is 0 Å². The van der Waals surface area contributed by atoms with E-state index in [-0.39, 0.29) is 17.4 Å². The molecule has 0 spiro atoms. The number of benzene rings is 3. The zero-order valence-electron chi connectivity index (χ0n) is 17.0. The molecule has 0 fully saturated rings. The second-order valence-corrected chi connectivity index (χ2v) is 7.64. The van der Waals surface area contributed by atoms with Gasteiger partial charge in [-0.15, -0.1) is 0 Å². The Balaban J connectivity index is 1.77. The van der Waals surface area contributed by atoms with Crippen molar-refractivity contribution in [2.24, 2.45) is 5.10 Å². The van der Waals surface area contributed by atoms with Crippen LogP contribution < -0.4 is 14.9 Å². The van der Waals surface area contributed by atoms with Gasteiger partial charge >= 0.3 is 0 Å². The molecule has 0 aromatic heterocycles. The number of carbonyl (C=O) groups excluding carboxylic acids is 1. The van der Waals surface area contributed by atoms with E-state index in [1.165, 1.54) is 6.21 Å². The Morgan fingerprint density at radius 1 is 1.23 bits per heavy atom. The molecule has 0 aliphatic heterocycles. The second kappa shape index (κ2) is 9.63. The molecule has 1 atom stereocenters. The molecule has 2 N–H and O–H groups in total. The van der Waals surface area contributed by atoms with Crippen LogP contribution in [0.1, 0.15) is 36.2 Å². The molecular formula is C23H23BrN2O4. The number of halogens is 1. The van der Waals surface area contributed by atoms with Crippen LogP contribution in [0.25, 0.3) is 10.8 Å². The normalized spacial score (nSPS) is 12.1. The van der Waals surface area contributed by atoms with Crippen molar-refractivity contribution in [2.75, 3.05) is 7.11 Å². The van der Waals surface area contributed by atoms with Crippen molar-refractivity contribution >= 4 is 38.8 Å². The number of phenols is 1. The van der Waals surface area contributed by atoms with Gasteiger partial charge in [0, 0.05) is 0 Å². The molecule has 3 aromatic carbocycles. The fraction of sp³-hybridized carbons (Fsp3) is 0.217. The van der Waals surface area contributed by atoms with E-state index in [0.29, 0.717) is 17.1 Å². The van der Waals surface area contributed by atoms with E-state index < -0.39 is 5.91 Å². The first-order chi connectivity index (χ1) is 14.4. The molecule has 3 rings (SSSR count). The van der Waals surface area contributed by atoms with Gasteiger partial charge in [0.05, 0.1) is 29.5 Å². The summed E-state index contributed by atoms with van der Waals surface area (Å²) >= 11 is 3.50. The van der Waals surface area contributed by atoms with Gasteiger partial charge in [-0.25, -0.2) is 5.43 Å². The summed E-state index contributed by atoms with van der Waals surface area (Å²) in [6.07, 6.45) is 2.41. The standard InChI is InChI=1S/C23H23BrN2O4/c1-4-14(2)30-22-19(24)9-15(10-21(22)29-3)13-25-26-23(28)18-11-16-7-5-6-8-17(16)12-20(18)27/h5-14,27H,4H2,1-3H3,(H,26,28). The lowest BCUT2D eigenvalue weighted by Gasteiger charge is -2.17. The van der Waals surface area contributed by atoms with Crippen LogP contribution >= 0.6 is 15.9 Å². The SMILES string of the molecule is CCC(C)Oc1c(Br)cc(C=NNC(=O)c2cc3ccccc3cc2O)cc1OC. The number of carbonyl (C=O) groups is 1. The Morgan fingerprint density at radius 3 is 2.60 bits per heavy atom. The van der Waals surface area contributed by atoms with Crippen molar-refractivity contribution < 1.29 is 19.4 Å². The first kappa shape index (κ1) is 21.6. The summed E-state index contributed by atoms with van der Waals surface area (Å²) in [5, 5.41) is 15.9. The number of amides is 1. The fourth-order valence-corrected chi connectivity index (χ4v) is 3.40. The number of ether oxygens (including phenoxy) is 2. The fourth-order valence-electron chi connectivity index (χ4n) is 2.85. The maximum atomic E-state index is 12.5. The molecule has 3 aromatic rings. The molecule has 0 heterocycles. The van der Waals surface area contributed by atoms with Gasteiger partial charge in [0.15, 0.2) is 11.5 Å². The average Bonchev–Trinajstić information content (AvgIpc) is 2.74. The molecule has 0 saturated carbocycles. The van der Waals surface area contributed by atoms with E-state index in [2.05, 4.69) is 26.5 Å². The Labute approximate surface area is 183 Å². The van der Waals surface area contributed by atoms with E-state index in [9.17, 15) is 9.90 Å². The number of fused-ring (bicyclic) bond motifs is 1. The van der Waals surface area contributed by atoms with Crippen LogP contribution in [0.15, 0.2) is 58.1 Å². The van der Waals surface area contributed by atoms with E-state index in [1.54, 1.807) is 25.3 Å². The van der Waals surface area contributed by atoms with E-state index in [1.807, 2.05) is 44.2 Å². The topological polar surface area (TPSA) is 80.2 Å². The first-order valence-electron chi connectivity index (χ1n) is 9.52. The Kier molecular flexibility index (Phi) is 6.95. The number of nitrogens with zero attached hydrogens (tertiary/aromatic N) is 1. The maximum absolute atomic E-state index is 12.5. The zero-order chi connectivity index (χ0) is 21.7. The van der Waals surface area contributed by atoms with Crippen molar-refractivity contribution in [1.82, 2.24) is 5.43 Å². The minimum Gasteiger partial charge on any atom is -0.507 e. The van der Waals surface area contributed by atoms with Crippen molar-refractivity contribution in [3.05, 3.63) is 64.1 Å². The minimum absolute atomic E-state index is 0.0450. The lowest BCUT2D eigenvalue weighted by Crippen LogP contribution is -2.17. The van der Waals surface area contributed by atoms with Gasteiger partial charge in [0.2, 0.25) is 0 Å². The quantitative estimate of drug-likeness (QED) is 0.364. The number of phenolic OH excluding ortho intramolecular Hbond substituents is 1. The highest BCUT2D eigenvalue weighted by molar-refractivity contribution is 9.10. The van der Waals surface area contributed by atoms with Crippen LogP contribution in [-0.4, -0.2) is 30.4 Å². The molecule has 6 nitrogen and oxygen atoms in total. The number of methoxy groups -OCH3 is 1. The average molecular weight is 471 g/mol. The highest BCUT2D eigenvalue weighted by Gasteiger charge is 2.14. The molecule has 0 saturated heterocycles. The molecule has 156 valence electrons. The van der Waals surface area contributed by atoms with E-state index in [0.717, 1.165) is 21.7 Å². The molecular weight excluding hydrogens is 448 g/mol. The van der Waals surface area contributed by atoms with Crippen molar-refractivity contribution in [3.63, 3.8) is 0 Å². The summed E-state index contributed by atoms with van der Waals surface area (Å²) in [5.41, 5.74) is 3.31. The summed E-state index contributed by atoms with van der Waals surface area (Å²) in [6, 6.07) is 14.3. The largest absolute Gasteiger partial charge is 0.507 e. The van der Waals surface area contributed by atoms with Crippen molar-refractivity contribution in [2.45, 2.75) is 26.4 Å². The van der Waals surface area contributed by atoms with Crippen LogP contribution in [-0.2, 0) is 0 Å². The smallest absolute Gasteiger partial charge is 0.275 e. The first-order valence-corrected chi connectivity index (χ1v) is 10.3. The monoisotopic (exact) mass is 470 g/mol. The number of nitrogens with one attached hydrogen (secondary N) is 1. The zero-order valence-corrected chi connectivity index (χ0v) is 18.6. The predicted octanol–water partition coefficient (Wildman–Crippen LogP) is 5.26. The number of rotatable bonds is 7. The summed E-state index contributed by atoms with van der Waals surface area (Å²) < 4.78 is 12.1. The lowest BCUT2D eigenvalue weighted by molar-refractivity contribution is 0.0952. The van der Waals surface area contributed by atoms with Gasteiger partial charge in [-0.1, -0.05) is 31.2 Å². The highest BCUT2D eigenvalue weighted by Crippen LogP contribution is 2.37. The Morgan fingerprint density at radius 2 is 1.93 bits per heavy atom. The third-order valence-corrected chi connectivity index (χ3v) is 5.22. The predicted molar refractivity (Wildman–Crippen MR) is 122 cm³/mol. The highest BCUT2D eigenvalue weighted by atomic mass is 79.9. The van der Waals surface area contributed by atoms with Gasteiger partial charge < -0.3 is 14.6 Å². The van der Waals surface area contributed by atoms with Crippen LogP contribution in [0.2, 0.25) is 0 Å². The molecule has 0 aliphatic rings. The number of hydrogen-bond acceptors (Lipinski definition) is 5. The molecule has 0 aliphatic carbocycles. The minimum atomic E-state index is -0.503. The van der Waals surface area contributed by atoms with Crippen LogP contribution in [0.5, 0.6) is 17.2 Å².